The Morgan fingerprint density at radius 1 is 0.611 bits per heavy atom. The predicted molar refractivity (Wildman–Crippen MR) is 156 cm³/mol. The average Bonchev–Trinajstić information content (AvgIpc) is 3.61. The molecular formula is C29H28N2O2S3. The zero-order valence-electron chi connectivity index (χ0n) is 20.0. The summed E-state index contributed by atoms with van der Waals surface area (Å²) in [4.78, 5) is 8.13. The van der Waals surface area contributed by atoms with Gasteiger partial charge in [-0.05, 0) is 23.3 Å². The fourth-order valence-electron chi connectivity index (χ4n) is 4.76. The molecule has 0 saturated carbocycles. The van der Waals surface area contributed by atoms with Gasteiger partial charge in [0.2, 0.25) is 0 Å². The molecule has 2 aromatic heterocycles. The summed E-state index contributed by atoms with van der Waals surface area (Å²) in [5, 5.41) is 2.57. The van der Waals surface area contributed by atoms with Crippen LogP contribution in [0.1, 0.15) is 9.75 Å². The number of hydrogen-bond donors (Lipinski definition) is 0. The summed E-state index contributed by atoms with van der Waals surface area (Å²) in [6.45, 7) is 6.69. The first-order chi connectivity index (χ1) is 17.8. The van der Waals surface area contributed by atoms with E-state index >= 15 is 0 Å². The highest BCUT2D eigenvalue weighted by atomic mass is 32.1. The molecule has 2 saturated heterocycles. The minimum atomic E-state index is 0.764. The number of morpholine rings is 2. The Balaban J connectivity index is 1.40. The highest BCUT2D eigenvalue weighted by Gasteiger charge is 2.24. The van der Waals surface area contributed by atoms with Crippen LogP contribution in [-0.4, -0.2) is 57.5 Å². The first-order valence-electron chi connectivity index (χ1n) is 12.4. The van der Waals surface area contributed by atoms with E-state index in [4.69, 9.17) is 21.7 Å². The average molecular weight is 533 g/mol. The molecule has 0 radical (unpaired) electrons. The molecule has 0 unspecified atom stereocenters. The minimum absolute atomic E-state index is 0.764. The maximum atomic E-state index is 6.17. The number of thiocarbonyl (C=S) groups is 1. The minimum Gasteiger partial charge on any atom is -0.378 e. The molecule has 0 amide bonds. The van der Waals surface area contributed by atoms with E-state index in [2.05, 4.69) is 82.6 Å². The first-order valence-corrected chi connectivity index (χ1v) is 14.4. The van der Waals surface area contributed by atoms with Crippen LogP contribution < -0.4 is 9.80 Å². The van der Waals surface area contributed by atoms with Crippen molar-refractivity contribution in [3.8, 4) is 22.3 Å². The van der Waals surface area contributed by atoms with Crippen molar-refractivity contribution in [1.82, 2.24) is 0 Å². The van der Waals surface area contributed by atoms with Crippen LogP contribution >= 0.6 is 34.9 Å². The third kappa shape index (κ3) is 4.86. The Morgan fingerprint density at radius 2 is 1.00 bits per heavy atom. The third-order valence-corrected chi connectivity index (χ3v) is 9.76. The molecule has 0 bridgehead atoms. The van der Waals surface area contributed by atoms with Crippen LogP contribution in [0.5, 0.6) is 0 Å². The van der Waals surface area contributed by atoms with Gasteiger partial charge in [-0.3, -0.25) is 0 Å². The van der Waals surface area contributed by atoms with Crippen molar-refractivity contribution >= 4 is 49.8 Å². The Kier molecular flexibility index (Phi) is 7.16. The molecule has 2 aliphatic heterocycles. The zero-order chi connectivity index (χ0) is 24.3. The van der Waals surface area contributed by atoms with Crippen molar-refractivity contribution < 1.29 is 9.47 Å². The fraction of sp³-hybridized carbons (Fsp3) is 0.276. The molecular weight excluding hydrogens is 505 g/mol. The molecule has 0 spiro atoms. The van der Waals surface area contributed by atoms with E-state index in [-0.39, 0.29) is 0 Å². The van der Waals surface area contributed by atoms with Gasteiger partial charge in [0.15, 0.2) is 0 Å². The molecule has 2 aromatic carbocycles. The number of benzene rings is 2. The van der Waals surface area contributed by atoms with Gasteiger partial charge in [0, 0.05) is 47.1 Å². The molecule has 36 heavy (non-hydrogen) atoms. The lowest BCUT2D eigenvalue weighted by Gasteiger charge is -2.28. The molecule has 7 heteroatoms. The number of anilines is 2. The van der Waals surface area contributed by atoms with Gasteiger partial charge in [0.05, 0.1) is 41.3 Å². The highest BCUT2D eigenvalue weighted by Crippen LogP contribution is 2.44. The molecule has 2 aliphatic rings. The van der Waals surface area contributed by atoms with Gasteiger partial charge in [-0.1, -0.05) is 72.9 Å². The van der Waals surface area contributed by atoms with E-state index in [0.717, 1.165) is 67.2 Å². The molecule has 4 heterocycles. The second kappa shape index (κ2) is 10.8. The molecule has 0 atom stereocenters. The lowest BCUT2D eigenvalue weighted by atomic mass is 10.1. The van der Waals surface area contributed by atoms with Crippen molar-refractivity contribution in [3.63, 3.8) is 0 Å². The maximum Gasteiger partial charge on any atom is 0.0996 e. The summed E-state index contributed by atoms with van der Waals surface area (Å²) in [5.41, 5.74) is 4.98. The molecule has 4 nitrogen and oxygen atoms in total. The van der Waals surface area contributed by atoms with Gasteiger partial charge in [-0.25, -0.2) is 0 Å². The number of ether oxygens (including phenoxy) is 2. The molecule has 0 N–H and O–H groups in total. The quantitative estimate of drug-likeness (QED) is 0.206. The van der Waals surface area contributed by atoms with Crippen LogP contribution in [0.25, 0.3) is 22.3 Å². The molecule has 2 fully saturated rings. The van der Waals surface area contributed by atoms with Crippen LogP contribution in [-0.2, 0) is 9.47 Å². The van der Waals surface area contributed by atoms with Crippen LogP contribution in [0.4, 0.5) is 10.0 Å². The van der Waals surface area contributed by atoms with Gasteiger partial charge in [0.25, 0.3) is 0 Å². The van der Waals surface area contributed by atoms with Crippen LogP contribution in [0, 0.1) is 0 Å². The molecule has 4 aromatic rings. The summed E-state index contributed by atoms with van der Waals surface area (Å²) in [7, 11) is 0. The largest absolute Gasteiger partial charge is 0.378 e. The van der Waals surface area contributed by atoms with E-state index in [9.17, 15) is 0 Å². The Hall–Kier alpha value is -2.55. The first kappa shape index (κ1) is 23.8. The fourth-order valence-corrected chi connectivity index (χ4v) is 7.56. The summed E-state index contributed by atoms with van der Waals surface area (Å²) in [6, 6.07) is 25.9. The van der Waals surface area contributed by atoms with Gasteiger partial charge in [0.1, 0.15) is 0 Å². The third-order valence-electron chi connectivity index (χ3n) is 6.64. The monoisotopic (exact) mass is 532 g/mol. The summed E-state index contributed by atoms with van der Waals surface area (Å²) in [6.07, 6.45) is 0. The van der Waals surface area contributed by atoms with Crippen molar-refractivity contribution in [1.29, 1.82) is 0 Å². The number of thiophene rings is 2. The van der Waals surface area contributed by atoms with Crippen LogP contribution in [0.2, 0.25) is 0 Å². The highest BCUT2D eigenvalue weighted by molar-refractivity contribution is 7.82. The van der Waals surface area contributed by atoms with Crippen molar-refractivity contribution in [3.05, 3.63) is 82.6 Å². The topological polar surface area (TPSA) is 24.9 Å². The molecule has 0 aliphatic carbocycles. The van der Waals surface area contributed by atoms with Gasteiger partial charge >= 0.3 is 0 Å². The molecule has 6 rings (SSSR count). The van der Waals surface area contributed by atoms with Crippen molar-refractivity contribution in [2.45, 2.75) is 0 Å². The van der Waals surface area contributed by atoms with Crippen LogP contribution in [0.3, 0.4) is 0 Å². The maximum absolute atomic E-state index is 6.17. The number of rotatable bonds is 6. The lowest BCUT2D eigenvalue weighted by Crippen LogP contribution is -2.35. The second-order valence-electron chi connectivity index (χ2n) is 8.92. The summed E-state index contributed by atoms with van der Waals surface area (Å²) >= 11 is 9.80. The Morgan fingerprint density at radius 3 is 1.39 bits per heavy atom. The zero-order valence-corrected chi connectivity index (χ0v) is 22.5. The number of nitrogens with zero attached hydrogens (tertiary/aromatic N) is 2. The lowest BCUT2D eigenvalue weighted by molar-refractivity contribution is 0.123. The number of hydrogen-bond acceptors (Lipinski definition) is 7. The smallest absolute Gasteiger partial charge is 0.0996 e. The van der Waals surface area contributed by atoms with E-state index in [1.165, 1.54) is 32.3 Å². The Labute approximate surface area is 225 Å². The SMILES string of the molecule is S=C(c1cc(-c2ccccc2)c(N2CCOCC2)s1)c1cc(-c2ccccc2)c(N2CCOCC2)s1. The van der Waals surface area contributed by atoms with E-state index in [1.807, 2.05) is 22.7 Å². The van der Waals surface area contributed by atoms with E-state index in [0.29, 0.717) is 0 Å². The second-order valence-corrected chi connectivity index (χ2v) is 11.4. The van der Waals surface area contributed by atoms with Crippen molar-refractivity contribution in [2.75, 3.05) is 62.4 Å². The van der Waals surface area contributed by atoms with Gasteiger partial charge in [-0.15, -0.1) is 22.7 Å². The normalized spacial score (nSPS) is 16.3. The van der Waals surface area contributed by atoms with Crippen LogP contribution in [0.15, 0.2) is 72.8 Å². The van der Waals surface area contributed by atoms with Gasteiger partial charge in [-0.2, -0.15) is 0 Å². The summed E-state index contributed by atoms with van der Waals surface area (Å²) in [5.74, 6) is 0. The summed E-state index contributed by atoms with van der Waals surface area (Å²) < 4.78 is 11.3. The van der Waals surface area contributed by atoms with E-state index in [1.54, 1.807) is 0 Å². The molecule has 184 valence electrons. The Bertz CT molecular complexity index is 1220. The standard InChI is InChI=1S/C29H28N2O2S3/c34-27(25-19-23(21-7-3-1-4-8-21)28(35-25)30-11-15-32-16-12-30)26-20-24(22-9-5-2-6-10-22)29(36-26)31-13-17-33-18-14-31/h1-10,19-20H,11-18H2. The van der Waals surface area contributed by atoms with E-state index < -0.39 is 0 Å². The predicted octanol–water partition coefficient (Wildman–Crippen LogP) is 6.58. The van der Waals surface area contributed by atoms with Gasteiger partial charge < -0.3 is 19.3 Å². The van der Waals surface area contributed by atoms with Crippen molar-refractivity contribution in [2.24, 2.45) is 0 Å².